The van der Waals surface area contributed by atoms with E-state index in [0.29, 0.717) is 18.0 Å². The van der Waals surface area contributed by atoms with Crippen LogP contribution in [-0.2, 0) is 6.54 Å². The normalized spacial score (nSPS) is 11.8. The second-order valence-electron chi connectivity index (χ2n) is 5.96. The number of thiophene rings is 1. The van der Waals surface area contributed by atoms with Gasteiger partial charge in [0.05, 0.1) is 20.3 Å². The Labute approximate surface area is 161 Å². The van der Waals surface area contributed by atoms with Gasteiger partial charge >= 0.3 is 6.03 Å². The number of nitrogens with one attached hydrogen (secondary N) is 2. The van der Waals surface area contributed by atoms with Gasteiger partial charge in [-0.15, -0.1) is 11.3 Å². The Hall–Kier alpha value is -2.77. The van der Waals surface area contributed by atoms with Crippen LogP contribution >= 0.6 is 11.3 Å². The van der Waals surface area contributed by atoms with Crippen LogP contribution in [0.4, 0.5) is 4.79 Å². The summed E-state index contributed by atoms with van der Waals surface area (Å²) >= 11 is 1.58. The van der Waals surface area contributed by atoms with Crippen LogP contribution in [0.15, 0.2) is 47.8 Å². The monoisotopic (exact) mass is 386 g/mol. The summed E-state index contributed by atoms with van der Waals surface area (Å²) < 4.78 is 11.6. The fourth-order valence-electron chi connectivity index (χ4n) is 2.79. The molecule has 2 amide bonds. The SMILES string of the molecule is COc1ccc(CNC(=O)NC[C@@H](O)c2csc3ccccc23)cc1OC. The van der Waals surface area contributed by atoms with E-state index in [1.54, 1.807) is 31.6 Å². The molecular formula is C20H22N2O4S. The average Bonchev–Trinajstić information content (AvgIpc) is 3.14. The van der Waals surface area contributed by atoms with Gasteiger partial charge in [0.2, 0.25) is 0 Å². The summed E-state index contributed by atoms with van der Waals surface area (Å²) in [5.41, 5.74) is 1.71. The number of rotatable bonds is 7. The van der Waals surface area contributed by atoms with Gasteiger partial charge in [0.25, 0.3) is 0 Å². The van der Waals surface area contributed by atoms with Crippen LogP contribution in [0, 0.1) is 0 Å². The second-order valence-corrected chi connectivity index (χ2v) is 6.87. The fourth-order valence-corrected chi connectivity index (χ4v) is 3.80. The topological polar surface area (TPSA) is 79.8 Å². The Bertz CT molecular complexity index is 925. The summed E-state index contributed by atoms with van der Waals surface area (Å²) in [5, 5.41) is 18.8. The Morgan fingerprint density at radius 1 is 1.11 bits per heavy atom. The first-order chi connectivity index (χ1) is 13.1. The molecule has 27 heavy (non-hydrogen) atoms. The first-order valence-electron chi connectivity index (χ1n) is 8.49. The number of fused-ring (bicyclic) bond motifs is 1. The predicted molar refractivity (Wildman–Crippen MR) is 107 cm³/mol. The molecule has 0 aliphatic heterocycles. The van der Waals surface area contributed by atoms with Crippen molar-refractivity contribution >= 4 is 27.5 Å². The third-order valence-electron chi connectivity index (χ3n) is 4.23. The minimum Gasteiger partial charge on any atom is -0.493 e. The molecule has 3 rings (SSSR count). The quantitative estimate of drug-likeness (QED) is 0.581. The molecule has 0 aliphatic carbocycles. The van der Waals surface area contributed by atoms with Crippen molar-refractivity contribution in [2.24, 2.45) is 0 Å². The maximum Gasteiger partial charge on any atom is 0.315 e. The van der Waals surface area contributed by atoms with Crippen molar-refractivity contribution < 1.29 is 19.4 Å². The van der Waals surface area contributed by atoms with Gasteiger partial charge in [-0.3, -0.25) is 0 Å². The van der Waals surface area contributed by atoms with Crippen molar-refractivity contribution in [2.75, 3.05) is 20.8 Å². The molecule has 1 atom stereocenters. The number of urea groups is 1. The van der Waals surface area contributed by atoms with Crippen LogP contribution < -0.4 is 20.1 Å². The van der Waals surface area contributed by atoms with Gasteiger partial charge in [-0.05, 0) is 34.5 Å². The van der Waals surface area contributed by atoms with Gasteiger partial charge < -0.3 is 25.2 Å². The third-order valence-corrected chi connectivity index (χ3v) is 5.21. The summed E-state index contributed by atoms with van der Waals surface area (Å²) in [4.78, 5) is 12.0. The number of ether oxygens (including phenoxy) is 2. The van der Waals surface area contributed by atoms with Crippen LogP contribution in [0.5, 0.6) is 11.5 Å². The number of aliphatic hydroxyl groups excluding tert-OH is 1. The highest BCUT2D eigenvalue weighted by molar-refractivity contribution is 7.17. The molecule has 3 aromatic rings. The van der Waals surface area contributed by atoms with Crippen molar-refractivity contribution in [1.29, 1.82) is 0 Å². The molecule has 0 radical (unpaired) electrons. The highest BCUT2D eigenvalue weighted by Gasteiger charge is 2.14. The predicted octanol–water partition coefficient (Wildman–Crippen LogP) is 3.45. The zero-order valence-electron chi connectivity index (χ0n) is 15.2. The van der Waals surface area contributed by atoms with Crippen LogP contribution in [-0.4, -0.2) is 31.9 Å². The van der Waals surface area contributed by atoms with E-state index in [1.165, 1.54) is 0 Å². The molecule has 142 valence electrons. The zero-order valence-corrected chi connectivity index (χ0v) is 16.0. The summed E-state index contributed by atoms with van der Waals surface area (Å²) in [6, 6.07) is 13.0. The lowest BCUT2D eigenvalue weighted by atomic mass is 10.1. The molecule has 0 bridgehead atoms. The van der Waals surface area contributed by atoms with E-state index in [-0.39, 0.29) is 12.6 Å². The standard InChI is InChI=1S/C20H22N2O4S/c1-25-17-8-7-13(9-18(17)26-2)10-21-20(24)22-11-16(23)15-12-27-19-6-4-3-5-14(15)19/h3-9,12,16,23H,10-11H2,1-2H3,(H2,21,22,24)/t16-/m1/s1. The first-order valence-corrected chi connectivity index (χ1v) is 9.37. The number of aliphatic hydroxyl groups is 1. The highest BCUT2D eigenvalue weighted by Crippen LogP contribution is 2.30. The van der Waals surface area contributed by atoms with E-state index in [0.717, 1.165) is 21.2 Å². The van der Waals surface area contributed by atoms with Gasteiger partial charge in [0.15, 0.2) is 11.5 Å². The van der Waals surface area contributed by atoms with E-state index >= 15 is 0 Å². The van der Waals surface area contributed by atoms with Gasteiger partial charge in [-0.1, -0.05) is 24.3 Å². The van der Waals surface area contributed by atoms with Crippen molar-refractivity contribution in [3.05, 3.63) is 59.0 Å². The van der Waals surface area contributed by atoms with E-state index in [2.05, 4.69) is 10.6 Å². The maximum atomic E-state index is 12.0. The van der Waals surface area contributed by atoms with E-state index in [4.69, 9.17) is 9.47 Å². The van der Waals surface area contributed by atoms with Crippen LogP contribution in [0.2, 0.25) is 0 Å². The van der Waals surface area contributed by atoms with Gasteiger partial charge in [0, 0.05) is 23.4 Å². The number of carbonyl (C=O) groups is 1. The number of carbonyl (C=O) groups excluding carboxylic acids is 1. The molecule has 0 unspecified atom stereocenters. The number of hydrogen-bond donors (Lipinski definition) is 3. The molecule has 2 aromatic carbocycles. The molecule has 1 heterocycles. The van der Waals surface area contributed by atoms with Crippen molar-refractivity contribution in [2.45, 2.75) is 12.6 Å². The van der Waals surface area contributed by atoms with Gasteiger partial charge in [-0.25, -0.2) is 4.79 Å². The van der Waals surface area contributed by atoms with Crippen molar-refractivity contribution in [3.63, 3.8) is 0 Å². The molecule has 0 fully saturated rings. The van der Waals surface area contributed by atoms with Gasteiger partial charge in [-0.2, -0.15) is 0 Å². The Morgan fingerprint density at radius 2 is 1.89 bits per heavy atom. The van der Waals surface area contributed by atoms with Crippen LogP contribution in [0.3, 0.4) is 0 Å². The smallest absolute Gasteiger partial charge is 0.315 e. The van der Waals surface area contributed by atoms with Crippen LogP contribution in [0.1, 0.15) is 17.2 Å². The zero-order chi connectivity index (χ0) is 19.2. The first kappa shape index (κ1) is 19.0. The minimum absolute atomic E-state index is 0.137. The lowest BCUT2D eigenvalue weighted by Crippen LogP contribution is -2.37. The Kier molecular flexibility index (Phi) is 6.16. The van der Waals surface area contributed by atoms with E-state index in [1.807, 2.05) is 41.8 Å². The molecule has 0 saturated heterocycles. The second kappa shape index (κ2) is 8.75. The summed E-state index contributed by atoms with van der Waals surface area (Å²) in [5.74, 6) is 1.24. The molecule has 1 aromatic heterocycles. The van der Waals surface area contributed by atoms with E-state index in [9.17, 15) is 9.90 Å². The maximum absolute atomic E-state index is 12.0. The van der Waals surface area contributed by atoms with Crippen LogP contribution in [0.25, 0.3) is 10.1 Å². The number of amides is 2. The van der Waals surface area contributed by atoms with Gasteiger partial charge in [0.1, 0.15) is 0 Å². The average molecular weight is 386 g/mol. The minimum atomic E-state index is -0.756. The largest absolute Gasteiger partial charge is 0.493 e. The summed E-state index contributed by atoms with van der Waals surface area (Å²) in [6.45, 7) is 0.474. The number of benzene rings is 2. The lowest BCUT2D eigenvalue weighted by molar-refractivity contribution is 0.174. The van der Waals surface area contributed by atoms with E-state index < -0.39 is 6.10 Å². The van der Waals surface area contributed by atoms with Crippen molar-refractivity contribution in [1.82, 2.24) is 10.6 Å². The molecule has 6 nitrogen and oxygen atoms in total. The lowest BCUT2D eigenvalue weighted by Gasteiger charge is -2.13. The fraction of sp³-hybridized carbons (Fsp3) is 0.250. The number of methoxy groups -OCH3 is 2. The third kappa shape index (κ3) is 4.50. The Balaban J connectivity index is 1.52. The molecule has 3 N–H and O–H groups in total. The summed E-state index contributed by atoms with van der Waals surface area (Å²) in [6.07, 6.45) is -0.756. The molecule has 0 saturated carbocycles. The molecule has 0 spiro atoms. The molecule has 0 aliphatic rings. The highest BCUT2D eigenvalue weighted by atomic mass is 32.1. The molecule has 7 heteroatoms. The summed E-state index contributed by atoms with van der Waals surface area (Å²) in [7, 11) is 3.14. The van der Waals surface area contributed by atoms with Crippen molar-refractivity contribution in [3.8, 4) is 11.5 Å². The molecular weight excluding hydrogens is 364 g/mol. The Morgan fingerprint density at radius 3 is 2.67 bits per heavy atom. The number of hydrogen-bond acceptors (Lipinski definition) is 5.